The van der Waals surface area contributed by atoms with Crippen LogP contribution in [-0.4, -0.2) is 29.9 Å². The van der Waals surface area contributed by atoms with Crippen molar-refractivity contribution in [3.8, 4) is 0 Å². The Hall–Kier alpha value is -1.78. The topological polar surface area (TPSA) is 46.6 Å². The van der Waals surface area contributed by atoms with Crippen LogP contribution in [-0.2, 0) is 14.3 Å². The Bertz CT molecular complexity index is 766. The first-order valence-electron chi connectivity index (χ1n) is 8.13. The number of rotatable bonds is 5. The van der Waals surface area contributed by atoms with E-state index < -0.39 is 5.97 Å². The minimum Gasteiger partial charge on any atom is -0.462 e. The molecule has 1 aromatic carbocycles. The first-order valence-corrected chi connectivity index (χ1v) is 8.88. The number of carbonyl (C=O) groups is 2. The Kier molecular flexibility index (Phi) is 6.31. The van der Waals surface area contributed by atoms with Gasteiger partial charge in [0.15, 0.2) is 0 Å². The van der Waals surface area contributed by atoms with Crippen molar-refractivity contribution in [2.24, 2.45) is 5.92 Å². The molecule has 0 N–H and O–H groups in total. The average molecular weight is 382 g/mol. The molecule has 0 aliphatic carbocycles. The van der Waals surface area contributed by atoms with Crippen molar-refractivity contribution in [1.29, 1.82) is 0 Å². The van der Waals surface area contributed by atoms with Crippen LogP contribution in [0.15, 0.2) is 35.0 Å². The smallest absolute Gasteiger partial charge is 0.340 e. The van der Waals surface area contributed by atoms with E-state index in [-0.39, 0.29) is 18.4 Å². The Morgan fingerprint density at radius 3 is 2.52 bits per heavy atom. The van der Waals surface area contributed by atoms with E-state index in [0.717, 1.165) is 0 Å². The number of ether oxygens (including phenoxy) is 1. The summed E-state index contributed by atoms with van der Waals surface area (Å²) in [7, 11) is 0. The molecule has 1 amide bonds. The molecule has 1 aliphatic rings. The highest BCUT2D eigenvalue weighted by Gasteiger charge is 2.37. The third kappa shape index (κ3) is 4.25. The number of hydrogen-bond donors (Lipinski definition) is 0. The summed E-state index contributed by atoms with van der Waals surface area (Å²) in [6.07, 6.45) is 1.65. The quantitative estimate of drug-likeness (QED) is 0.547. The van der Waals surface area contributed by atoms with Crippen molar-refractivity contribution in [3.63, 3.8) is 0 Å². The van der Waals surface area contributed by atoms with Crippen LogP contribution in [0.3, 0.4) is 0 Å². The number of allylic oxidation sites excluding steroid dienone is 1. The normalized spacial score (nSPS) is 16.4. The second-order valence-corrected chi connectivity index (χ2v) is 7.04. The SMILES string of the molecule is CCOC(=O)C1=C(C)N(CC(C)C)C(=O)/C1=C/c1ccc(Cl)c(Cl)c1. The van der Waals surface area contributed by atoms with Crippen LogP contribution in [0.2, 0.25) is 10.0 Å². The Morgan fingerprint density at radius 2 is 1.96 bits per heavy atom. The molecule has 0 fully saturated rings. The maximum Gasteiger partial charge on any atom is 0.340 e. The fourth-order valence-corrected chi connectivity index (χ4v) is 2.99. The number of hydrogen-bond acceptors (Lipinski definition) is 3. The highest BCUT2D eigenvalue weighted by molar-refractivity contribution is 6.42. The second kappa shape index (κ2) is 8.07. The van der Waals surface area contributed by atoms with Gasteiger partial charge in [-0.1, -0.05) is 43.1 Å². The molecule has 4 nitrogen and oxygen atoms in total. The lowest BCUT2D eigenvalue weighted by Crippen LogP contribution is -2.28. The van der Waals surface area contributed by atoms with Gasteiger partial charge in [0, 0.05) is 12.2 Å². The van der Waals surface area contributed by atoms with E-state index in [2.05, 4.69) is 0 Å². The molecule has 2 rings (SSSR count). The molecule has 0 saturated carbocycles. The summed E-state index contributed by atoms with van der Waals surface area (Å²) in [6.45, 7) is 8.32. The van der Waals surface area contributed by atoms with Gasteiger partial charge in [-0.3, -0.25) is 4.79 Å². The van der Waals surface area contributed by atoms with Crippen LogP contribution >= 0.6 is 23.2 Å². The van der Waals surface area contributed by atoms with Gasteiger partial charge in [-0.05, 0) is 43.5 Å². The van der Waals surface area contributed by atoms with Crippen LogP contribution < -0.4 is 0 Å². The molecular formula is C19H21Cl2NO3. The van der Waals surface area contributed by atoms with Crippen molar-refractivity contribution < 1.29 is 14.3 Å². The molecule has 6 heteroatoms. The number of amides is 1. The van der Waals surface area contributed by atoms with Gasteiger partial charge in [-0.2, -0.15) is 0 Å². The molecule has 0 spiro atoms. The lowest BCUT2D eigenvalue weighted by Gasteiger charge is -2.19. The molecule has 0 aromatic heterocycles. The highest BCUT2D eigenvalue weighted by atomic mass is 35.5. The zero-order chi connectivity index (χ0) is 18.7. The predicted molar refractivity (Wildman–Crippen MR) is 100 cm³/mol. The molecule has 0 bridgehead atoms. The van der Waals surface area contributed by atoms with E-state index in [9.17, 15) is 9.59 Å². The highest BCUT2D eigenvalue weighted by Crippen LogP contribution is 2.33. The van der Waals surface area contributed by atoms with E-state index >= 15 is 0 Å². The van der Waals surface area contributed by atoms with Crippen molar-refractivity contribution in [3.05, 3.63) is 50.7 Å². The van der Waals surface area contributed by atoms with Crippen molar-refractivity contribution in [1.82, 2.24) is 4.90 Å². The van der Waals surface area contributed by atoms with Crippen LogP contribution in [0.1, 0.15) is 33.3 Å². The molecule has 0 radical (unpaired) electrons. The Labute approximate surface area is 158 Å². The van der Waals surface area contributed by atoms with Gasteiger partial charge in [-0.15, -0.1) is 0 Å². The lowest BCUT2D eigenvalue weighted by molar-refractivity contribution is -0.138. The van der Waals surface area contributed by atoms with Gasteiger partial charge in [0.2, 0.25) is 0 Å². The standard InChI is InChI=1S/C19H21Cl2NO3/c1-5-25-19(24)17-12(4)22(10-11(2)3)18(23)14(17)8-13-6-7-15(20)16(21)9-13/h6-9,11H,5,10H2,1-4H3/b14-8+. The Morgan fingerprint density at radius 1 is 1.28 bits per heavy atom. The first-order chi connectivity index (χ1) is 11.8. The summed E-state index contributed by atoms with van der Waals surface area (Å²) in [4.78, 5) is 26.9. The fourth-order valence-electron chi connectivity index (χ4n) is 2.68. The summed E-state index contributed by atoms with van der Waals surface area (Å²) in [5.41, 5.74) is 1.93. The Balaban J connectivity index is 2.52. The molecule has 0 saturated heterocycles. The zero-order valence-electron chi connectivity index (χ0n) is 14.7. The van der Waals surface area contributed by atoms with E-state index in [1.807, 2.05) is 13.8 Å². The summed E-state index contributed by atoms with van der Waals surface area (Å²) >= 11 is 12.0. The van der Waals surface area contributed by atoms with Gasteiger partial charge < -0.3 is 9.64 Å². The molecule has 134 valence electrons. The molecule has 1 heterocycles. The molecule has 0 unspecified atom stereocenters. The summed E-state index contributed by atoms with van der Waals surface area (Å²) in [6, 6.07) is 5.06. The first kappa shape index (κ1) is 19.5. The monoisotopic (exact) mass is 381 g/mol. The predicted octanol–water partition coefficient (Wildman–Crippen LogP) is 4.71. The fraction of sp³-hybridized carbons (Fsp3) is 0.368. The number of carbonyl (C=O) groups excluding carboxylic acids is 2. The van der Waals surface area contributed by atoms with E-state index in [1.54, 1.807) is 43.0 Å². The molecule has 25 heavy (non-hydrogen) atoms. The van der Waals surface area contributed by atoms with Gasteiger partial charge >= 0.3 is 5.97 Å². The van der Waals surface area contributed by atoms with Gasteiger partial charge in [0.25, 0.3) is 5.91 Å². The maximum atomic E-state index is 12.9. The minimum absolute atomic E-state index is 0.208. The number of nitrogens with zero attached hydrogens (tertiary/aromatic N) is 1. The van der Waals surface area contributed by atoms with Crippen LogP contribution in [0.5, 0.6) is 0 Å². The minimum atomic E-state index is -0.495. The molecule has 1 aromatic rings. The summed E-state index contributed by atoms with van der Waals surface area (Å²) in [5.74, 6) is -0.432. The molecule has 0 atom stereocenters. The van der Waals surface area contributed by atoms with Gasteiger partial charge in [0.1, 0.15) is 0 Å². The average Bonchev–Trinajstić information content (AvgIpc) is 2.75. The van der Waals surface area contributed by atoms with Gasteiger partial charge in [-0.25, -0.2) is 4.79 Å². The number of esters is 1. The second-order valence-electron chi connectivity index (χ2n) is 6.22. The summed E-state index contributed by atoms with van der Waals surface area (Å²) < 4.78 is 5.14. The van der Waals surface area contributed by atoms with Crippen molar-refractivity contribution in [2.75, 3.05) is 13.2 Å². The number of benzene rings is 1. The van der Waals surface area contributed by atoms with Crippen LogP contribution in [0.4, 0.5) is 0 Å². The lowest BCUT2D eigenvalue weighted by atomic mass is 10.0. The van der Waals surface area contributed by atoms with Gasteiger partial charge in [0.05, 0.1) is 27.8 Å². The zero-order valence-corrected chi connectivity index (χ0v) is 16.2. The maximum absolute atomic E-state index is 12.9. The number of halogens is 2. The molecule has 1 aliphatic heterocycles. The van der Waals surface area contributed by atoms with Crippen molar-refractivity contribution in [2.45, 2.75) is 27.7 Å². The van der Waals surface area contributed by atoms with E-state index in [1.165, 1.54) is 0 Å². The third-order valence-electron chi connectivity index (χ3n) is 3.79. The largest absolute Gasteiger partial charge is 0.462 e. The third-order valence-corrected chi connectivity index (χ3v) is 4.53. The molecular weight excluding hydrogens is 361 g/mol. The van der Waals surface area contributed by atoms with Crippen molar-refractivity contribution >= 4 is 41.2 Å². The van der Waals surface area contributed by atoms with E-state index in [4.69, 9.17) is 27.9 Å². The van der Waals surface area contributed by atoms with Crippen LogP contribution in [0.25, 0.3) is 6.08 Å². The van der Waals surface area contributed by atoms with E-state index in [0.29, 0.717) is 39.0 Å². The van der Waals surface area contributed by atoms with Crippen LogP contribution in [0, 0.1) is 5.92 Å². The summed E-state index contributed by atoms with van der Waals surface area (Å²) in [5, 5.41) is 0.819.